The number of hydrogen-bond acceptors (Lipinski definition) is 6. The van der Waals surface area contributed by atoms with Crippen LogP contribution in [0, 0.1) is 0 Å². The number of rotatable bonds is 3. The zero-order chi connectivity index (χ0) is 21.3. The number of halogens is 6. The maximum Gasteiger partial charge on any atom is 0.418 e. The van der Waals surface area contributed by atoms with Gasteiger partial charge in [-0.3, -0.25) is 0 Å². The molecule has 0 N–H and O–H groups in total. The first-order valence-electron chi connectivity index (χ1n) is 7.45. The van der Waals surface area contributed by atoms with Crippen LogP contribution in [0.4, 0.5) is 32.0 Å². The number of carbonyl (C=O) groups excluding carboxylic acids is 2. The lowest BCUT2D eigenvalue weighted by Gasteiger charge is -2.33. The topological polar surface area (TPSA) is 65.1 Å². The molecule has 0 radical (unpaired) electrons. The van der Waals surface area contributed by atoms with Gasteiger partial charge in [0.2, 0.25) is 0 Å². The summed E-state index contributed by atoms with van der Waals surface area (Å²) >= 11 is 0. The monoisotopic (exact) mass is 413 g/mol. The molecule has 0 bridgehead atoms. The summed E-state index contributed by atoms with van der Waals surface area (Å²) in [6.07, 6.45) is -10.2. The summed E-state index contributed by atoms with van der Waals surface area (Å²) < 4.78 is 92.9. The standard InChI is InChI=1S/C16H13F6NO5/c1-26-13(24)9-6-28-7-23(12(9)14(25)27-2)11-4-3-8(15(17,18)19)5-10(11)16(20,21)22/h3-5H,6-7H2,1-2H3. The van der Waals surface area contributed by atoms with Crippen LogP contribution in [0.3, 0.4) is 0 Å². The summed E-state index contributed by atoms with van der Waals surface area (Å²) in [5.41, 5.74) is -5.07. The SMILES string of the molecule is COC(=O)C1=C(C(=O)OC)N(c2ccc(C(F)(F)F)cc2C(F)(F)F)COC1. The Morgan fingerprint density at radius 3 is 2.11 bits per heavy atom. The van der Waals surface area contributed by atoms with Gasteiger partial charge in [0.15, 0.2) is 0 Å². The molecule has 0 aromatic heterocycles. The second kappa shape index (κ2) is 7.70. The van der Waals surface area contributed by atoms with E-state index in [1.807, 2.05) is 0 Å². The first kappa shape index (κ1) is 21.5. The number of alkyl halides is 6. The van der Waals surface area contributed by atoms with Crippen molar-refractivity contribution in [3.05, 3.63) is 40.6 Å². The van der Waals surface area contributed by atoms with E-state index in [0.717, 1.165) is 14.2 Å². The van der Waals surface area contributed by atoms with E-state index in [9.17, 15) is 35.9 Å². The van der Waals surface area contributed by atoms with Gasteiger partial charge in [-0.25, -0.2) is 9.59 Å². The number of hydrogen-bond donors (Lipinski definition) is 0. The minimum atomic E-state index is -5.19. The summed E-state index contributed by atoms with van der Waals surface area (Å²) in [4.78, 5) is 24.6. The van der Waals surface area contributed by atoms with Crippen molar-refractivity contribution in [1.82, 2.24) is 0 Å². The Morgan fingerprint density at radius 1 is 1.00 bits per heavy atom. The fourth-order valence-electron chi connectivity index (χ4n) is 2.51. The highest BCUT2D eigenvalue weighted by molar-refractivity contribution is 6.03. The molecule has 0 saturated heterocycles. The van der Waals surface area contributed by atoms with E-state index < -0.39 is 65.7 Å². The highest BCUT2D eigenvalue weighted by atomic mass is 19.4. The number of esters is 2. The first-order chi connectivity index (χ1) is 12.9. The zero-order valence-corrected chi connectivity index (χ0v) is 14.4. The van der Waals surface area contributed by atoms with E-state index in [4.69, 9.17) is 4.74 Å². The van der Waals surface area contributed by atoms with Crippen LogP contribution in [0.5, 0.6) is 0 Å². The van der Waals surface area contributed by atoms with Crippen LogP contribution in [-0.2, 0) is 36.2 Å². The van der Waals surface area contributed by atoms with Gasteiger partial charge in [-0.15, -0.1) is 0 Å². The van der Waals surface area contributed by atoms with Crippen LogP contribution in [-0.4, -0.2) is 39.5 Å². The molecule has 0 atom stereocenters. The van der Waals surface area contributed by atoms with Crippen LogP contribution in [0.1, 0.15) is 11.1 Å². The summed E-state index contributed by atoms with van der Waals surface area (Å²) in [6, 6.07) is 0.876. The molecule has 0 amide bonds. The lowest BCUT2D eigenvalue weighted by Crippen LogP contribution is -2.39. The normalized spacial score (nSPS) is 15.5. The van der Waals surface area contributed by atoms with Gasteiger partial charge in [0, 0.05) is 0 Å². The highest BCUT2D eigenvalue weighted by Crippen LogP contribution is 2.42. The largest absolute Gasteiger partial charge is 0.466 e. The van der Waals surface area contributed by atoms with Gasteiger partial charge >= 0.3 is 24.3 Å². The van der Waals surface area contributed by atoms with E-state index in [2.05, 4.69) is 9.47 Å². The molecule has 6 nitrogen and oxygen atoms in total. The quantitative estimate of drug-likeness (QED) is 0.561. The van der Waals surface area contributed by atoms with E-state index >= 15 is 0 Å². The maximum absolute atomic E-state index is 13.4. The van der Waals surface area contributed by atoms with Gasteiger partial charge in [0.25, 0.3) is 0 Å². The minimum absolute atomic E-state index is 0.0867. The van der Waals surface area contributed by atoms with Crippen LogP contribution in [0.25, 0.3) is 0 Å². The molecule has 1 aromatic carbocycles. The summed E-state index contributed by atoms with van der Waals surface area (Å²) in [5, 5.41) is 0. The Morgan fingerprint density at radius 2 is 1.61 bits per heavy atom. The van der Waals surface area contributed by atoms with E-state index in [-0.39, 0.29) is 6.07 Å². The van der Waals surface area contributed by atoms with E-state index in [1.54, 1.807) is 0 Å². The molecule has 0 unspecified atom stereocenters. The van der Waals surface area contributed by atoms with Crippen molar-refractivity contribution in [3.8, 4) is 0 Å². The van der Waals surface area contributed by atoms with Crippen molar-refractivity contribution in [2.24, 2.45) is 0 Å². The molecule has 12 heteroatoms. The average molecular weight is 413 g/mol. The van der Waals surface area contributed by atoms with E-state index in [1.165, 1.54) is 0 Å². The van der Waals surface area contributed by atoms with Gasteiger partial charge in [-0.2, -0.15) is 26.3 Å². The molecule has 0 aliphatic carbocycles. The molecule has 0 spiro atoms. The van der Waals surface area contributed by atoms with Crippen molar-refractivity contribution in [2.75, 3.05) is 32.5 Å². The molecule has 1 heterocycles. The Labute approximate surface area is 154 Å². The lowest BCUT2D eigenvalue weighted by atomic mass is 10.0. The summed E-state index contributed by atoms with van der Waals surface area (Å²) in [6.45, 7) is -1.10. The van der Waals surface area contributed by atoms with Crippen molar-refractivity contribution in [1.29, 1.82) is 0 Å². The fraction of sp³-hybridized carbons (Fsp3) is 0.375. The van der Waals surface area contributed by atoms with Crippen molar-refractivity contribution in [3.63, 3.8) is 0 Å². The second-order valence-electron chi connectivity index (χ2n) is 5.44. The predicted octanol–water partition coefficient (Wildman–Crippen LogP) is 3.12. The number of methoxy groups -OCH3 is 2. The van der Waals surface area contributed by atoms with Crippen LogP contribution < -0.4 is 4.90 Å². The van der Waals surface area contributed by atoms with Gasteiger partial charge in [0.05, 0.1) is 43.2 Å². The number of ether oxygens (including phenoxy) is 3. The van der Waals surface area contributed by atoms with Crippen molar-refractivity contribution in [2.45, 2.75) is 12.4 Å². The van der Waals surface area contributed by atoms with Gasteiger partial charge in [0.1, 0.15) is 12.4 Å². The maximum atomic E-state index is 13.4. The second-order valence-corrected chi connectivity index (χ2v) is 5.44. The van der Waals surface area contributed by atoms with Crippen molar-refractivity contribution < 1.29 is 50.1 Å². The third-order valence-corrected chi connectivity index (χ3v) is 3.75. The fourth-order valence-corrected chi connectivity index (χ4v) is 2.51. The molecular weight excluding hydrogens is 400 g/mol. The van der Waals surface area contributed by atoms with Crippen LogP contribution >= 0.6 is 0 Å². The minimum Gasteiger partial charge on any atom is -0.466 e. The summed E-state index contributed by atoms with van der Waals surface area (Å²) in [7, 11) is 1.90. The molecule has 0 saturated carbocycles. The Balaban J connectivity index is 2.73. The number of benzene rings is 1. The smallest absolute Gasteiger partial charge is 0.418 e. The van der Waals surface area contributed by atoms with Gasteiger partial charge in [-0.05, 0) is 18.2 Å². The van der Waals surface area contributed by atoms with Gasteiger partial charge in [-0.1, -0.05) is 0 Å². The molecule has 154 valence electrons. The third-order valence-electron chi connectivity index (χ3n) is 3.75. The third kappa shape index (κ3) is 4.21. The zero-order valence-electron chi connectivity index (χ0n) is 14.4. The lowest BCUT2D eigenvalue weighted by molar-refractivity contribution is -0.143. The highest BCUT2D eigenvalue weighted by Gasteiger charge is 2.42. The number of carbonyl (C=O) groups is 2. The molecule has 1 aliphatic heterocycles. The average Bonchev–Trinajstić information content (AvgIpc) is 2.64. The Kier molecular flexibility index (Phi) is 5.92. The van der Waals surface area contributed by atoms with Crippen LogP contribution in [0.15, 0.2) is 29.5 Å². The Hall–Kier alpha value is -2.76. The number of anilines is 1. The van der Waals surface area contributed by atoms with E-state index in [0.29, 0.717) is 17.0 Å². The molecule has 2 rings (SSSR count). The molecule has 1 aromatic rings. The van der Waals surface area contributed by atoms with Crippen LogP contribution in [0.2, 0.25) is 0 Å². The molecule has 0 fully saturated rings. The first-order valence-corrected chi connectivity index (χ1v) is 7.45. The number of nitrogens with zero attached hydrogens (tertiary/aromatic N) is 1. The Bertz CT molecular complexity index is 815. The molecule has 1 aliphatic rings. The predicted molar refractivity (Wildman–Crippen MR) is 80.8 cm³/mol. The molecule has 28 heavy (non-hydrogen) atoms. The molecular formula is C16H13F6NO5. The summed E-state index contributed by atoms with van der Waals surface area (Å²) in [5.74, 6) is -2.25. The van der Waals surface area contributed by atoms with Crippen molar-refractivity contribution >= 4 is 17.6 Å². The van der Waals surface area contributed by atoms with Gasteiger partial charge < -0.3 is 19.1 Å².